The van der Waals surface area contributed by atoms with Crippen LogP contribution in [0.2, 0.25) is 0 Å². The summed E-state index contributed by atoms with van der Waals surface area (Å²) in [7, 11) is 3.92. The van der Waals surface area contributed by atoms with Gasteiger partial charge in [0.25, 0.3) is 5.69 Å². The fourth-order valence-electron chi connectivity index (χ4n) is 1.05. The van der Waals surface area contributed by atoms with E-state index in [1.807, 2.05) is 25.9 Å². The van der Waals surface area contributed by atoms with Crippen LogP contribution in [0.5, 0.6) is 5.75 Å². The van der Waals surface area contributed by atoms with Crippen molar-refractivity contribution in [1.29, 1.82) is 0 Å². The first-order valence-electron chi connectivity index (χ1n) is 5.04. The quantitative estimate of drug-likeness (QED) is 0.566. The summed E-state index contributed by atoms with van der Waals surface area (Å²) in [5.74, 6) is 0.530. The van der Waals surface area contributed by atoms with E-state index in [0.717, 1.165) is 0 Å². The summed E-state index contributed by atoms with van der Waals surface area (Å²) in [4.78, 5) is 12.1. The zero-order valence-corrected chi connectivity index (χ0v) is 9.71. The number of hydrogen-bond acceptors (Lipinski definition) is 4. The van der Waals surface area contributed by atoms with Gasteiger partial charge in [-0.15, -0.1) is 0 Å². The summed E-state index contributed by atoms with van der Waals surface area (Å²) >= 11 is 0. The molecule has 0 heterocycles. The molecule has 0 fully saturated rings. The van der Waals surface area contributed by atoms with Crippen LogP contribution in [0.1, 0.15) is 6.92 Å². The van der Waals surface area contributed by atoms with Crippen molar-refractivity contribution < 1.29 is 9.66 Å². The Morgan fingerprint density at radius 1 is 1.50 bits per heavy atom. The van der Waals surface area contributed by atoms with Gasteiger partial charge in [-0.1, -0.05) is 6.07 Å². The molecule has 5 nitrogen and oxygen atoms in total. The number of nitro groups is 1. The fourth-order valence-corrected chi connectivity index (χ4v) is 1.05. The van der Waals surface area contributed by atoms with Crippen molar-refractivity contribution in [2.45, 2.75) is 13.0 Å². The molecule has 0 radical (unpaired) electrons. The molecule has 0 spiro atoms. The van der Waals surface area contributed by atoms with Crippen molar-refractivity contribution in [2.24, 2.45) is 0 Å². The number of nitrogens with zero attached hydrogens (tertiary/aromatic N) is 2. The van der Waals surface area contributed by atoms with E-state index in [9.17, 15) is 10.1 Å². The minimum atomic E-state index is -0.428. The highest BCUT2D eigenvalue weighted by atomic mass is 16.6. The van der Waals surface area contributed by atoms with Crippen LogP contribution in [0.15, 0.2) is 24.3 Å². The van der Waals surface area contributed by atoms with E-state index in [1.165, 1.54) is 12.1 Å². The molecule has 0 amide bonds. The topological polar surface area (TPSA) is 55.6 Å². The summed E-state index contributed by atoms with van der Waals surface area (Å²) in [5.41, 5.74) is 0.0509. The highest BCUT2D eigenvalue weighted by molar-refractivity contribution is 5.37. The van der Waals surface area contributed by atoms with Gasteiger partial charge in [-0.25, -0.2) is 0 Å². The summed E-state index contributed by atoms with van der Waals surface area (Å²) in [6.07, 6.45) is 0. The van der Waals surface area contributed by atoms with Gasteiger partial charge in [-0.05, 0) is 27.1 Å². The van der Waals surface area contributed by atoms with Crippen LogP contribution in [0.3, 0.4) is 0 Å². The second-order valence-electron chi connectivity index (χ2n) is 3.88. The molecule has 0 aliphatic heterocycles. The van der Waals surface area contributed by atoms with Crippen molar-refractivity contribution in [3.8, 4) is 5.75 Å². The van der Waals surface area contributed by atoms with E-state index in [4.69, 9.17) is 4.74 Å². The van der Waals surface area contributed by atoms with Gasteiger partial charge in [-0.3, -0.25) is 10.1 Å². The molecule has 0 bridgehead atoms. The summed E-state index contributed by atoms with van der Waals surface area (Å²) in [5, 5.41) is 10.5. The lowest BCUT2D eigenvalue weighted by Gasteiger charge is -2.19. The number of rotatable bonds is 5. The molecule has 88 valence electrons. The highest BCUT2D eigenvalue weighted by Gasteiger charge is 2.08. The molecule has 5 heteroatoms. The third kappa shape index (κ3) is 3.51. The Labute approximate surface area is 94.8 Å². The smallest absolute Gasteiger partial charge is 0.273 e. The number of nitro benzene ring substituents is 1. The Morgan fingerprint density at radius 2 is 2.19 bits per heavy atom. The molecular formula is C11H16N2O3. The Bertz CT molecular complexity index is 366. The maximum Gasteiger partial charge on any atom is 0.273 e. The molecule has 1 aromatic rings. The van der Waals surface area contributed by atoms with Crippen LogP contribution in [-0.2, 0) is 0 Å². The van der Waals surface area contributed by atoms with Gasteiger partial charge in [0.05, 0.1) is 11.0 Å². The fraction of sp³-hybridized carbons (Fsp3) is 0.455. The van der Waals surface area contributed by atoms with Crippen LogP contribution in [-0.4, -0.2) is 36.6 Å². The van der Waals surface area contributed by atoms with Crippen LogP contribution in [0, 0.1) is 10.1 Å². The normalized spacial score (nSPS) is 12.5. The standard InChI is InChI=1S/C11H16N2O3/c1-9(12(2)3)8-16-11-6-4-5-10(7-11)13(14)15/h4-7,9H,8H2,1-3H3/t9-/m1/s1. The average Bonchev–Trinajstić information content (AvgIpc) is 2.26. The van der Waals surface area contributed by atoms with E-state index in [-0.39, 0.29) is 11.7 Å². The van der Waals surface area contributed by atoms with Crippen molar-refractivity contribution in [2.75, 3.05) is 20.7 Å². The second kappa shape index (κ2) is 5.46. The predicted molar refractivity (Wildman–Crippen MR) is 61.7 cm³/mol. The van der Waals surface area contributed by atoms with Gasteiger partial charge < -0.3 is 9.64 Å². The summed E-state index contributed by atoms with van der Waals surface area (Å²) < 4.78 is 5.47. The van der Waals surface area contributed by atoms with Gasteiger partial charge >= 0.3 is 0 Å². The largest absolute Gasteiger partial charge is 0.492 e. The molecule has 0 aliphatic carbocycles. The van der Waals surface area contributed by atoms with E-state index < -0.39 is 4.92 Å². The third-order valence-electron chi connectivity index (χ3n) is 2.40. The van der Waals surface area contributed by atoms with Crippen LogP contribution < -0.4 is 4.74 Å². The molecule has 0 aromatic heterocycles. The van der Waals surface area contributed by atoms with Gasteiger partial charge in [0.1, 0.15) is 12.4 Å². The first-order valence-corrected chi connectivity index (χ1v) is 5.04. The lowest BCUT2D eigenvalue weighted by molar-refractivity contribution is -0.384. The molecule has 0 saturated carbocycles. The lowest BCUT2D eigenvalue weighted by atomic mass is 10.3. The van der Waals surface area contributed by atoms with E-state index in [1.54, 1.807) is 12.1 Å². The molecule has 0 N–H and O–H groups in total. The van der Waals surface area contributed by atoms with Gasteiger partial charge in [0.15, 0.2) is 0 Å². The predicted octanol–water partition coefficient (Wildman–Crippen LogP) is 1.92. The first kappa shape index (κ1) is 12.4. The van der Waals surface area contributed by atoms with Crippen LogP contribution in [0.25, 0.3) is 0 Å². The van der Waals surface area contributed by atoms with Gasteiger partial charge in [0.2, 0.25) is 0 Å². The maximum atomic E-state index is 10.5. The van der Waals surface area contributed by atoms with Crippen molar-refractivity contribution in [3.05, 3.63) is 34.4 Å². The Balaban J connectivity index is 2.61. The average molecular weight is 224 g/mol. The molecular weight excluding hydrogens is 208 g/mol. The summed E-state index contributed by atoms with van der Waals surface area (Å²) in [6.45, 7) is 2.53. The monoisotopic (exact) mass is 224 g/mol. The number of non-ortho nitro benzene ring substituents is 1. The van der Waals surface area contributed by atoms with Gasteiger partial charge in [-0.2, -0.15) is 0 Å². The molecule has 0 unspecified atom stereocenters. The van der Waals surface area contributed by atoms with Crippen LogP contribution >= 0.6 is 0 Å². The molecule has 1 aromatic carbocycles. The summed E-state index contributed by atoms with van der Waals surface area (Å²) in [6, 6.07) is 6.48. The van der Waals surface area contributed by atoms with Crippen LogP contribution in [0.4, 0.5) is 5.69 Å². The molecule has 0 aliphatic rings. The zero-order chi connectivity index (χ0) is 12.1. The maximum absolute atomic E-state index is 10.5. The van der Waals surface area contributed by atoms with Crippen molar-refractivity contribution >= 4 is 5.69 Å². The van der Waals surface area contributed by atoms with Gasteiger partial charge in [0, 0.05) is 12.1 Å². The van der Waals surface area contributed by atoms with E-state index >= 15 is 0 Å². The Kier molecular flexibility index (Phi) is 4.25. The van der Waals surface area contributed by atoms with E-state index in [0.29, 0.717) is 12.4 Å². The highest BCUT2D eigenvalue weighted by Crippen LogP contribution is 2.19. The number of likely N-dealkylation sites (N-methyl/N-ethyl adjacent to an activating group) is 1. The molecule has 1 rings (SSSR count). The minimum absolute atomic E-state index is 0.0509. The first-order chi connectivity index (χ1) is 7.50. The third-order valence-corrected chi connectivity index (χ3v) is 2.40. The molecule has 16 heavy (non-hydrogen) atoms. The number of benzene rings is 1. The molecule has 1 atom stereocenters. The SMILES string of the molecule is C[C@H](COc1cccc([N+](=O)[O-])c1)N(C)C. The van der Waals surface area contributed by atoms with Crippen molar-refractivity contribution in [1.82, 2.24) is 4.90 Å². The lowest BCUT2D eigenvalue weighted by Crippen LogP contribution is -2.30. The Hall–Kier alpha value is -1.62. The van der Waals surface area contributed by atoms with Crippen molar-refractivity contribution in [3.63, 3.8) is 0 Å². The minimum Gasteiger partial charge on any atom is -0.492 e. The second-order valence-corrected chi connectivity index (χ2v) is 3.88. The molecule has 0 saturated heterocycles. The Morgan fingerprint density at radius 3 is 2.75 bits per heavy atom. The number of hydrogen-bond donors (Lipinski definition) is 0. The zero-order valence-electron chi connectivity index (χ0n) is 9.71. The number of ether oxygens (including phenoxy) is 1. The van der Waals surface area contributed by atoms with E-state index in [2.05, 4.69) is 0 Å².